The summed E-state index contributed by atoms with van der Waals surface area (Å²) < 4.78 is 21.2. The van der Waals surface area contributed by atoms with E-state index in [1.807, 2.05) is 63.2 Å². The highest BCUT2D eigenvalue weighted by atomic mass is 32.2. The zero-order valence-electron chi connectivity index (χ0n) is 32.0. The number of nitrogens with one attached hydrogen (secondary N) is 3. The Morgan fingerprint density at radius 3 is 2.58 bits per heavy atom. The fourth-order valence-corrected chi connectivity index (χ4v) is 8.37. The number of methoxy groups -OCH3 is 1. The molecular formula is C42H51N5O7S. The van der Waals surface area contributed by atoms with Crippen molar-refractivity contribution in [2.45, 2.75) is 101 Å². The molecule has 3 heterocycles. The van der Waals surface area contributed by atoms with Gasteiger partial charge >= 0.3 is 6.09 Å². The normalized spacial score (nSPS) is 25.9. The van der Waals surface area contributed by atoms with Gasteiger partial charge in [-0.3, -0.25) is 19.1 Å². The summed E-state index contributed by atoms with van der Waals surface area (Å²) in [7, 11) is 1.65. The number of hydrogen-bond acceptors (Lipinski definition) is 9. The molecule has 0 radical (unpaired) electrons. The van der Waals surface area contributed by atoms with Gasteiger partial charge in [-0.15, -0.1) is 6.58 Å². The van der Waals surface area contributed by atoms with Gasteiger partial charge in [0, 0.05) is 40.7 Å². The van der Waals surface area contributed by atoms with Crippen LogP contribution in [0.4, 0.5) is 4.79 Å². The van der Waals surface area contributed by atoms with Gasteiger partial charge in [-0.2, -0.15) is 0 Å². The predicted octanol–water partition coefficient (Wildman–Crippen LogP) is 6.11. The largest absolute Gasteiger partial charge is 0.496 e. The van der Waals surface area contributed by atoms with E-state index in [0.29, 0.717) is 35.1 Å². The van der Waals surface area contributed by atoms with Crippen LogP contribution in [-0.2, 0) is 25.5 Å². The van der Waals surface area contributed by atoms with Crippen molar-refractivity contribution in [2.75, 3.05) is 20.3 Å². The molecule has 13 heteroatoms. The van der Waals surface area contributed by atoms with Crippen molar-refractivity contribution in [3.63, 3.8) is 0 Å². The summed E-state index contributed by atoms with van der Waals surface area (Å²) >= 11 is 1.39. The first-order chi connectivity index (χ1) is 26.4. The van der Waals surface area contributed by atoms with Crippen molar-refractivity contribution in [3.05, 3.63) is 66.7 Å². The van der Waals surface area contributed by atoms with Crippen molar-refractivity contribution in [3.8, 4) is 22.8 Å². The van der Waals surface area contributed by atoms with Crippen LogP contribution in [0.5, 0.6) is 11.5 Å². The molecule has 1 aromatic heterocycles. The first-order valence-corrected chi connectivity index (χ1v) is 20.2. The number of cyclic esters (lactones) is 1. The lowest BCUT2D eigenvalue weighted by atomic mass is 9.85. The van der Waals surface area contributed by atoms with E-state index in [1.54, 1.807) is 13.2 Å². The molecule has 2 aliphatic carbocycles. The SMILES string of the molecule is C=C[C@@H]1C[C@]1(NC(=O)[C@@H]1C[C@@H]2CN1C(=O)[C@H](C(C)(C)C)NC(=O)OCCCCCc1cc3c(cc(-c4ccccc4)nc3cc1OC)O2)C(=O)NSC1CC1. The summed E-state index contributed by atoms with van der Waals surface area (Å²) in [6, 6.07) is 13.7. The number of alkyl carbamates (subject to hydrolysis) is 1. The zero-order valence-corrected chi connectivity index (χ0v) is 32.8. The fraction of sp³-hybridized carbons (Fsp3) is 0.500. The predicted molar refractivity (Wildman–Crippen MR) is 211 cm³/mol. The van der Waals surface area contributed by atoms with Crippen molar-refractivity contribution in [2.24, 2.45) is 11.3 Å². The van der Waals surface area contributed by atoms with E-state index < -0.39 is 47.0 Å². The maximum atomic E-state index is 14.7. The molecule has 2 aliphatic heterocycles. The Morgan fingerprint density at radius 2 is 1.89 bits per heavy atom. The monoisotopic (exact) mass is 769 g/mol. The number of carbonyl (C=O) groups excluding carboxylic acids is 4. The van der Waals surface area contributed by atoms with Gasteiger partial charge in [0.15, 0.2) is 0 Å². The van der Waals surface area contributed by atoms with E-state index in [9.17, 15) is 19.2 Å². The molecule has 5 atom stereocenters. The Balaban J connectivity index is 1.27. The summed E-state index contributed by atoms with van der Waals surface area (Å²) in [5.41, 5.74) is 1.40. The molecule has 7 rings (SSSR count). The van der Waals surface area contributed by atoms with Gasteiger partial charge < -0.3 is 29.7 Å². The van der Waals surface area contributed by atoms with Crippen molar-refractivity contribution >= 4 is 46.7 Å². The molecule has 3 N–H and O–H groups in total. The molecule has 2 saturated carbocycles. The number of nitrogens with zero attached hydrogens (tertiary/aromatic N) is 2. The summed E-state index contributed by atoms with van der Waals surface area (Å²) in [6.45, 7) is 9.74. The lowest BCUT2D eigenvalue weighted by molar-refractivity contribution is -0.142. The van der Waals surface area contributed by atoms with E-state index in [-0.39, 0.29) is 31.4 Å². The number of ether oxygens (including phenoxy) is 3. The standard InChI is InChI=1S/C42H51N5O7S/c1-6-27-23-42(27,39(50)46-55-29-16-17-29)45-37(48)33-20-28-24-47(33)38(49)36(41(2,3)4)44-40(51)53-18-12-8-11-15-26-19-30-32(22-34(26)52-5)43-31(21-35(30)54-28)25-13-9-7-10-14-25/h6-7,9-10,13-14,19,21-22,27-29,33,36H,1,8,11-12,15-18,20,23-24H2,2-5H3,(H,44,51)(H,45,48)(H,46,50)/t27-,28-,33+,36-,42-/m1/s1. The van der Waals surface area contributed by atoms with Crippen LogP contribution in [0.3, 0.4) is 0 Å². The summed E-state index contributed by atoms with van der Waals surface area (Å²) in [6.07, 6.45) is 6.04. The van der Waals surface area contributed by atoms with Gasteiger partial charge in [0.25, 0.3) is 5.91 Å². The van der Waals surface area contributed by atoms with Gasteiger partial charge in [-0.25, -0.2) is 9.78 Å². The Bertz CT molecular complexity index is 1960. The van der Waals surface area contributed by atoms with Gasteiger partial charge in [-0.05, 0) is 73.9 Å². The van der Waals surface area contributed by atoms with Crippen LogP contribution in [0, 0.1) is 11.3 Å². The fourth-order valence-electron chi connectivity index (χ4n) is 7.55. The quantitative estimate of drug-likeness (QED) is 0.182. The number of benzene rings is 2. The Hall–Kier alpha value is -4.78. The minimum absolute atomic E-state index is 0.0648. The van der Waals surface area contributed by atoms with E-state index in [4.69, 9.17) is 19.2 Å². The van der Waals surface area contributed by atoms with Crippen molar-refractivity contribution < 1.29 is 33.4 Å². The Labute approximate surface area is 326 Å². The number of fused-ring (bicyclic) bond motifs is 3. The smallest absolute Gasteiger partial charge is 0.407 e. The van der Waals surface area contributed by atoms with Crippen LogP contribution >= 0.6 is 11.9 Å². The Morgan fingerprint density at radius 1 is 1.11 bits per heavy atom. The van der Waals surface area contributed by atoms with Gasteiger partial charge in [0.1, 0.15) is 35.2 Å². The van der Waals surface area contributed by atoms with Crippen molar-refractivity contribution in [1.29, 1.82) is 0 Å². The van der Waals surface area contributed by atoms with Crippen LogP contribution < -0.4 is 24.8 Å². The summed E-state index contributed by atoms with van der Waals surface area (Å²) in [5.74, 6) is -0.136. The van der Waals surface area contributed by atoms with E-state index in [0.717, 1.165) is 54.4 Å². The molecule has 55 heavy (non-hydrogen) atoms. The summed E-state index contributed by atoms with van der Waals surface area (Å²) in [4.78, 5) is 62.3. The van der Waals surface area contributed by atoms with Gasteiger partial charge in [0.2, 0.25) is 11.8 Å². The second kappa shape index (κ2) is 15.8. The number of aromatic nitrogens is 1. The molecule has 3 aromatic rings. The highest BCUT2D eigenvalue weighted by Crippen LogP contribution is 2.46. The van der Waals surface area contributed by atoms with E-state index in [1.165, 1.54) is 16.8 Å². The molecule has 4 aliphatic rings. The molecule has 2 aromatic carbocycles. The van der Waals surface area contributed by atoms with Gasteiger partial charge in [0.05, 0.1) is 31.5 Å². The minimum Gasteiger partial charge on any atom is -0.496 e. The molecule has 1 saturated heterocycles. The van der Waals surface area contributed by atoms with Gasteiger partial charge in [-0.1, -0.05) is 57.2 Å². The average molecular weight is 770 g/mol. The molecule has 3 fully saturated rings. The van der Waals surface area contributed by atoms with Crippen molar-refractivity contribution in [1.82, 2.24) is 25.2 Å². The van der Waals surface area contributed by atoms with E-state index >= 15 is 0 Å². The minimum atomic E-state index is -1.16. The molecular weight excluding hydrogens is 719 g/mol. The molecule has 4 bridgehead atoms. The van der Waals surface area contributed by atoms with E-state index in [2.05, 4.69) is 28.0 Å². The maximum absolute atomic E-state index is 14.7. The molecule has 4 amide bonds. The first kappa shape index (κ1) is 38.5. The molecule has 0 unspecified atom stereocenters. The number of amides is 4. The van der Waals surface area contributed by atoms with Crippen LogP contribution in [0.15, 0.2) is 61.2 Å². The number of pyridine rings is 1. The van der Waals surface area contributed by atoms with Crippen LogP contribution in [-0.4, -0.2) is 82.9 Å². The number of rotatable bonds is 8. The highest BCUT2D eigenvalue weighted by molar-refractivity contribution is 7.98. The lowest BCUT2D eigenvalue weighted by Crippen LogP contribution is -2.59. The Kier molecular flexibility index (Phi) is 11.0. The van der Waals surface area contributed by atoms with Crippen LogP contribution in [0.25, 0.3) is 22.2 Å². The third-order valence-corrected chi connectivity index (χ3v) is 12.1. The van der Waals surface area contributed by atoms with Crippen LogP contribution in [0.2, 0.25) is 0 Å². The first-order valence-electron chi connectivity index (χ1n) is 19.3. The molecule has 0 spiro atoms. The average Bonchev–Trinajstić information content (AvgIpc) is 4.09. The number of hydrogen-bond donors (Lipinski definition) is 3. The number of aryl methyl sites for hydroxylation is 1. The third kappa shape index (κ3) is 8.41. The highest BCUT2D eigenvalue weighted by Gasteiger charge is 2.61. The second-order valence-electron chi connectivity index (χ2n) is 16.2. The maximum Gasteiger partial charge on any atom is 0.407 e. The summed E-state index contributed by atoms with van der Waals surface area (Å²) in [5, 5.41) is 7.03. The molecule has 12 nitrogen and oxygen atoms in total. The molecule has 292 valence electrons. The second-order valence-corrected chi connectivity index (χ2v) is 17.3. The lowest BCUT2D eigenvalue weighted by Gasteiger charge is -2.35. The van der Waals surface area contributed by atoms with Crippen LogP contribution in [0.1, 0.15) is 71.3 Å². The number of carbonyl (C=O) groups is 4. The third-order valence-electron chi connectivity index (χ3n) is 11.0. The topological polar surface area (TPSA) is 148 Å². The zero-order chi connectivity index (χ0) is 38.9.